The molecule has 1 rings (SSSR count). The zero-order chi connectivity index (χ0) is 13.9. The normalized spacial score (nSPS) is 13.9. The molecular formula is C9H10F4N2O3. The second-order valence-electron chi connectivity index (χ2n) is 3.49. The van der Waals surface area contributed by atoms with Crippen molar-refractivity contribution < 1.29 is 22.3 Å². The Kier molecular flexibility index (Phi) is 4.28. The van der Waals surface area contributed by atoms with Gasteiger partial charge in [-0.05, 0) is 6.92 Å². The van der Waals surface area contributed by atoms with Crippen molar-refractivity contribution in [2.45, 2.75) is 25.5 Å². The summed E-state index contributed by atoms with van der Waals surface area (Å²) in [6.45, 7) is -0.321. The molecule has 0 bridgehead atoms. The molecule has 1 heterocycles. The number of hydrogen-bond donors (Lipinski definition) is 1. The average molecular weight is 270 g/mol. The zero-order valence-electron chi connectivity index (χ0n) is 9.20. The van der Waals surface area contributed by atoms with Crippen LogP contribution in [0, 0.1) is 0 Å². The van der Waals surface area contributed by atoms with Crippen molar-refractivity contribution in [3.05, 3.63) is 33.1 Å². The zero-order valence-corrected chi connectivity index (χ0v) is 9.20. The smallest absolute Gasteiger partial charge is 0.330 e. The first-order chi connectivity index (χ1) is 8.24. The SMILES string of the molecule is C[C@@H](OCC(F)(F)C(F)F)n1ccc(=O)[nH]c1=O. The Labute approximate surface area is 98.0 Å². The number of hydrogen-bond acceptors (Lipinski definition) is 3. The molecule has 0 radical (unpaired) electrons. The average Bonchev–Trinajstić information content (AvgIpc) is 2.25. The van der Waals surface area contributed by atoms with E-state index in [1.165, 1.54) is 6.92 Å². The molecule has 0 fully saturated rings. The fourth-order valence-electron chi connectivity index (χ4n) is 1.09. The minimum Gasteiger partial charge on any atom is -0.352 e. The van der Waals surface area contributed by atoms with E-state index in [1.807, 2.05) is 4.98 Å². The molecule has 0 saturated carbocycles. The lowest BCUT2D eigenvalue weighted by Crippen LogP contribution is -2.36. The van der Waals surface area contributed by atoms with Gasteiger partial charge in [-0.3, -0.25) is 14.3 Å². The van der Waals surface area contributed by atoms with Crippen molar-refractivity contribution in [3.63, 3.8) is 0 Å². The van der Waals surface area contributed by atoms with Crippen LogP contribution in [-0.4, -0.2) is 28.5 Å². The summed E-state index contributed by atoms with van der Waals surface area (Å²) < 4.78 is 54.1. The van der Waals surface area contributed by atoms with Crippen molar-refractivity contribution in [1.29, 1.82) is 0 Å². The topological polar surface area (TPSA) is 64.1 Å². The molecule has 0 aromatic carbocycles. The highest BCUT2D eigenvalue weighted by Gasteiger charge is 2.41. The van der Waals surface area contributed by atoms with Crippen LogP contribution in [0.1, 0.15) is 13.2 Å². The fourth-order valence-corrected chi connectivity index (χ4v) is 1.09. The molecule has 0 saturated heterocycles. The molecule has 1 atom stereocenters. The van der Waals surface area contributed by atoms with Crippen LogP contribution < -0.4 is 11.2 Å². The summed E-state index contributed by atoms with van der Waals surface area (Å²) in [4.78, 5) is 23.9. The molecule has 18 heavy (non-hydrogen) atoms. The maximum Gasteiger partial charge on any atom is 0.330 e. The third kappa shape index (κ3) is 3.42. The van der Waals surface area contributed by atoms with Gasteiger partial charge in [0.25, 0.3) is 5.56 Å². The molecule has 0 amide bonds. The lowest BCUT2D eigenvalue weighted by molar-refractivity contribution is -0.182. The van der Waals surface area contributed by atoms with Gasteiger partial charge in [-0.25, -0.2) is 13.6 Å². The Balaban J connectivity index is 2.75. The van der Waals surface area contributed by atoms with Gasteiger partial charge in [-0.15, -0.1) is 0 Å². The van der Waals surface area contributed by atoms with E-state index in [2.05, 4.69) is 4.74 Å². The quantitative estimate of drug-likeness (QED) is 0.811. The van der Waals surface area contributed by atoms with Gasteiger partial charge in [0.2, 0.25) is 0 Å². The van der Waals surface area contributed by atoms with Gasteiger partial charge in [-0.2, -0.15) is 8.78 Å². The standard InChI is InChI=1S/C9H10F4N2O3/c1-5(18-4-9(12,13)7(10)11)15-3-2-6(16)14-8(15)17/h2-3,5,7H,4H2,1H3,(H,14,16,17)/t5-/m1/s1. The molecule has 102 valence electrons. The summed E-state index contributed by atoms with van der Waals surface area (Å²) in [5, 5.41) is 0. The monoisotopic (exact) mass is 270 g/mol. The molecule has 0 aliphatic rings. The Morgan fingerprint density at radius 3 is 2.56 bits per heavy atom. The Bertz CT molecular complexity index is 511. The van der Waals surface area contributed by atoms with Gasteiger partial charge in [0, 0.05) is 12.3 Å². The van der Waals surface area contributed by atoms with E-state index in [0.717, 1.165) is 16.8 Å². The third-order valence-corrected chi connectivity index (χ3v) is 2.08. The Morgan fingerprint density at radius 2 is 2.06 bits per heavy atom. The molecule has 5 nitrogen and oxygen atoms in total. The van der Waals surface area contributed by atoms with Crippen LogP contribution in [0.3, 0.4) is 0 Å². The van der Waals surface area contributed by atoms with Crippen LogP contribution in [0.5, 0.6) is 0 Å². The predicted octanol–water partition coefficient (Wildman–Crippen LogP) is 0.972. The number of aromatic amines is 1. The largest absolute Gasteiger partial charge is 0.352 e. The number of nitrogens with one attached hydrogen (secondary N) is 1. The second-order valence-corrected chi connectivity index (χ2v) is 3.49. The third-order valence-electron chi connectivity index (χ3n) is 2.08. The van der Waals surface area contributed by atoms with E-state index < -0.39 is 36.4 Å². The van der Waals surface area contributed by atoms with E-state index in [4.69, 9.17) is 0 Å². The minimum absolute atomic E-state index is 0.665. The first-order valence-corrected chi connectivity index (χ1v) is 4.83. The molecule has 0 spiro atoms. The molecule has 1 aromatic heterocycles. The van der Waals surface area contributed by atoms with Crippen LogP contribution in [0.4, 0.5) is 17.6 Å². The van der Waals surface area contributed by atoms with E-state index >= 15 is 0 Å². The van der Waals surface area contributed by atoms with Gasteiger partial charge in [0.15, 0.2) is 0 Å². The van der Waals surface area contributed by atoms with Crippen molar-refractivity contribution in [3.8, 4) is 0 Å². The molecule has 0 unspecified atom stereocenters. The summed E-state index contributed by atoms with van der Waals surface area (Å²) in [5.74, 6) is -4.29. The van der Waals surface area contributed by atoms with E-state index in [1.54, 1.807) is 0 Å². The molecule has 9 heteroatoms. The number of H-pyrrole nitrogens is 1. The summed E-state index contributed by atoms with van der Waals surface area (Å²) in [7, 11) is 0. The van der Waals surface area contributed by atoms with Crippen molar-refractivity contribution in [2.75, 3.05) is 6.61 Å². The van der Waals surface area contributed by atoms with Crippen LogP contribution >= 0.6 is 0 Å². The summed E-state index contributed by atoms with van der Waals surface area (Å²) in [6, 6.07) is 0.979. The molecule has 1 aromatic rings. The summed E-state index contributed by atoms with van der Waals surface area (Å²) >= 11 is 0. The first kappa shape index (κ1) is 14.4. The van der Waals surface area contributed by atoms with Gasteiger partial charge in [0.05, 0.1) is 0 Å². The lowest BCUT2D eigenvalue weighted by atomic mass is 10.4. The van der Waals surface area contributed by atoms with Crippen LogP contribution in [0.25, 0.3) is 0 Å². The van der Waals surface area contributed by atoms with Gasteiger partial charge in [-0.1, -0.05) is 0 Å². The molecule has 1 N–H and O–H groups in total. The molecular weight excluding hydrogens is 260 g/mol. The van der Waals surface area contributed by atoms with Gasteiger partial charge in [0.1, 0.15) is 12.8 Å². The maximum atomic E-state index is 12.6. The van der Waals surface area contributed by atoms with Gasteiger partial charge < -0.3 is 4.74 Å². The first-order valence-electron chi connectivity index (χ1n) is 4.83. The van der Waals surface area contributed by atoms with Crippen molar-refractivity contribution in [2.24, 2.45) is 0 Å². The number of rotatable bonds is 5. The van der Waals surface area contributed by atoms with E-state index in [0.29, 0.717) is 0 Å². The summed E-state index contributed by atoms with van der Waals surface area (Å²) in [6.07, 6.45) is -4.04. The maximum absolute atomic E-state index is 12.6. The number of aromatic nitrogens is 2. The highest BCUT2D eigenvalue weighted by molar-refractivity contribution is 4.83. The lowest BCUT2D eigenvalue weighted by Gasteiger charge is -2.20. The predicted molar refractivity (Wildman–Crippen MR) is 52.9 cm³/mol. The van der Waals surface area contributed by atoms with Crippen molar-refractivity contribution >= 4 is 0 Å². The van der Waals surface area contributed by atoms with Crippen LogP contribution in [0.2, 0.25) is 0 Å². The molecule has 0 aliphatic carbocycles. The summed E-state index contributed by atoms with van der Waals surface area (Å²) in [5.41, 5.74) is -1.54. The number of halogens is 4. The van der Waals surface area contributed by atoms with Crippen LogP contribution in [0.15, 0.2) is 21.9 Å². The van der Waals surface area contributed by atoms with E-state index in [-0.39, 0.29) is 0 Å². The highest BCUT2D eigenvalue weighted by atomic mass is 19.3. The van der Waals surface area contributed by atoms with E-state index in [9.17, 15) is 27.2 Å². The number of ether oxygens (including phenoxy) is 1. The highest BCUT2D eigenvalue weighted by Crippen LogP contribution is 2.24. The number of nitrogens with zero attached hydrogens (tertiary/aromatic N) is 1. The minimum atomic E-state index is -4.29. The van der Waals surface area contributed by atoms with Crippen LogP contribution in [-0.2, 0) is 4.74 Å². The van der Waals surface area contributed by atoms with Crippen molar-refractivity contribution in [1.82, 2.24) is 9.55 Å². The Morgan fingerprint density at radius 1 is 1.44 bits per heavy atom. The fraction of sp³-hybridized carbons (Fsp3) is 0.556. The molecule has 0 aliphatic heterocycles. The number of alkyl halides is 4. The second kappa shape index (κ2) is 5.34. The Hall–Kier alpha value is -1.64. The van der Waals surface area contributed by atoms with Gasteiger partial charge >= 0.3 is 18.0 Å².